The SMILES string of the molecule is Cn1cnc(S(=O)(=O)N2C[C@H](NC(=O)c3ccc(C(F)(F)F)cc3Cl)[C@@H](c3ccc(F)cc3)C2)c1. The molecule has 186 valence electrons. The van der Waals surface area contributed by atoms with Gasteiger partial charge in [-0.3, -0.25) is 4.79 Å². The first kappa shape index (κ1) is 25.1. The number of alkyl halides is 3. The molecule has 3 aromatic rings. The number of sulfonamides is 1. The van der Waals surface area contributed by atoms with Gasteiger partial charge in [0.1, 0.15) is 5.82 Å². The number of aryl methyl sites for hydroxylation is 1. The molecule has 0 aliphatic carbocycles. The summed E-state index contributed by atoms with van der Waals surface area (Å²) < 4.78 is 81.1. The zero-order chi connectivity index (χ0) is 25.5. The number of carbonyl (C=O) groups excluding carboxylic acids is 1. The topological polar surface area (TPSA) is 84.3 Å². The minimum absolute atomic E-state index is 0.0315. The molecule has 13 heteroatoms. The van der Waals surface area contributed by atoms with Crippen molar-refractivity contribution in [2.45, 2.75) is 23.2 Å². The van der Waals surface area contributed by atoms with Gasteiger partial charge in [-0.2, -0.15) is 17.5 Å². The van der Waals surface area contributed by atoms with Crippen molar-refractivity contribution < 1.29 is 30.8 Å². The smallest absolute Gasteiger partial charge is 0.347 e. The van der Waals surface area contributed by atoms with E-state index in [1.165, 1.54) is 41.4 Å². The fourth-order valence-electron chi connectivity index (χ4n) is 3.93. The molecule has 4 rings (SSSR count). The predicted octanol–water partition coefficient (Wildman–Crippen LogP) is 3.82. The molecule has 1 amide bonds. The predicted molar refractivity (Wildman–Crippen MR) is 119 cm³/mol. The zero-order valence-electron chi connectivity index (χ0n) is 18.1. The van der Waals surface area contributed by atoms with Crippen LogP contribution < -0.4 is 5.32 Å². The molecule has 1 aliphatic heterocycles. The summed E-state index contributed by atoms with van der Waals surface area (Å²) in [6.07, 6.45) is -1.94. The highest BCUT2D eigenvalue weighted by Gasteiger charge is 2.42. The van der Waals surface area contributed by atoms with Gasteiger partial charge in [0.05, 0.1) is 28.5 Å². The van der Waals surface area contributed by atoms with E-state index in [2.05, 4.69) is 10.3 Å². The summed E-state index contributed by atoms with van der Waals surface area (Å²) >= 11 is 5.95. The summed E-state index contributed by atoms with van der Waals surface area (Å²) in [7, 11) is -2.39. The number of benzene rings is 2. The maximum atomic E-state index is 13.5. The maximum absolute atomic E-state index is 13.5. The van der Waals surface area contributed by atoms with Gasteiger partial charge in [-0.05, 0) is 35.9 Å². The fourth-order valence-corrected chi connectivity index (χ4v) is 5.66. The van der Waals surface area contributed by atoms with Crippen LogP contribution in [0.15, 0.2) is 60.0 Å². The highest BCUT2D eigenvalue weighted by atomic mass is 35.5. The highest BCUT2D eigenvalue weighted by Crippen LogP contribution is 2.34. The van der Waals surface area contributed by atoms with Crippen molar-refractivity contribution in [3.63, 3.8) is 0 Å². The first-order valence-corrected chi connectivity index (χ1v) is 12.1. The third kappa shape index (κ3) is 5.19. The molecule has 0 bridgehead atoms. The highest BCUT2D eigenvalue weighted by molar-refractivity contribution is 7.89. The summed E-state index contributed by atoms with van der Waals surface area (Å²) in [5.74, 6) is -1.81. The quantitative estimate of drug-likeness (QED) is 0.508. The van der Waals surface area contributed by atoms with E-state index in [4.69, 9.17) is 11.6 Å². The Kier molecular flexibility index (Phi) is 6.64. The van der Waals surface area contributed by atoms with E-state index in [9.17, 15) is 30.8 Å². The van der Waals surface area contributed by atoms with Gasteiger partial charge in [0.2, 0.25) is 0 Å². The van der Waals surface area contributed by atoms with Crippen LogP contribution in [0.5, 0.6) is 0 Å². The number of aromatic nitrogens is 2. The van der Waals surface area contributed by atoms with Crippen LogP contribution in [-0.2, 0) is 23.2 Å². The molecule has 2 atom stereocenters. The zero-order valence-corrected chi connectivity index (χ0v) is 19.7. The van der Waals surface area contributed by atoms with Crippen LogP contribution in [0.25, 0.3) is 0 Å². The van der Waals surface area contributed by atoms with Crippen LogP contribution in [0.4, 0.5) is 17.6 Å². The van der Waals surface area contributed by atoms with Crippen molar-refractivity contribution in [2.75, 3.05) is 13.1 Å². The monoisotopic (exact) mass is 530 g/mol. The van der Waals surface area contributed by atoms with Crippen LogP contribution >= 0.6 is 11.6 Å². The lowest BCUT2D eigenvalue weighted by Crippen LogP contribution is -2.40. The van der Waals surface area contributed by atoms with Crippen molar-refractivity contribution in [1.82, 2.24) is 19.2 Å². The van der Waals surface area contributed by atoms with Gasteiger partial charge in [0.25, 0.3) is 15.9 Å². The second-order valence-electron chi connectivity index (χ2n) is 8.13. The van der Waals surface area contributed by atoms with E-state index in [0.29, 0.717) is 11.6 Å². The van der Waals surface area contributed by atoms with Crippen molar-refractivity contribution >= 4 is 27.5 Å². The molecule has 0 spiro atoms. The first-order chi connectivity index (χ1) is 16.4. The molecule has 0 unspecified atom stereocenters. The lowest BCUT2D eigenvalue weighted by atomic mass is 9.94. The first-order valence-electron chi connectivity index (χ1n) is 10.3. The van der Waals surface area contributed by atoms with E-state index in [1.54, 1.807) is 7.05 Å². The Hall–Kier alpha value is -2.96. The lowest BCUT2D eigenvalue weighted by Gasteiger charge is -2.21. The fraction of sp³-hybridized carbons (Fsp3) is 0.273. The average molecular weight is 531 g/mol. The summed E-state index contributed by atoms with van der Waals surface area (Å²) in [5.41, 5.74) is -0.616. The maximum Gasteiger partial charge on any atom is 0.416 e. The van der Waals surface area contributed by atoms with Gasteiger partial charge in [-0.25, -0.2) is 17.8 Å². The number of nitrogens with one attached hydrogen (secondary N) is 1. The molecule has 35 heavy (non-hydrogen) atoms. The summed E-state index contributed by atoms with van der Waals surface area (Å²) in [6.45, 7) is -0.166. The number of halogens is 5. The van der Waals surface area contributed by atoms with Gasteiger partial charge in [-0.15, -0.1) is 0 Å². The van der Waals surface area contributed by atoms with Crippen LogP contribution in [0.3, 0.4) is 0 Å². The summed E-state index contributed by atoms with van der Waals surface area (Å²) in [4.78, 5) is 16.8. The van der Waals surface area contributed by atoms with Gasteiger partial charge in [0, 0.05) is 32.3 Å². The largest absolute Gasteiger partial charge is 0.416 e. The van der Waals surface area contributed by atoms with Crippen LogP contribution in [0, 0.1) is 5.82 Å². The van der Waals surface area contributed by atoms with Gasteiger partial charge in [0.15, 0.2) is 5.03 Å². The second-order valence-corrected chi connectivity index (χ2v) is 10.4. The molecule has 1 saturated heterocycles. The van der Waals surface area contributed by atoms with E-state index < -0.39 is 50.5 Å². The van der Waals surface area contributed by atoms with Crippen molar-refractivity contribution in [2.24, 2.45) is 7.05 Å². The molecule has 7 nitrogen and oxygen atoms in total. The number of amides is 1. The Morgan fingerprint density at radius 3 is 2.40 bits per heavy atom. The van der Waals surface area contributed by atoms with E-state index in [0.717, 1.165) is 16.4 Å². The molecular weight excluding hydrogens is 512 g/mol. The van der Waals surface area contributed by atoms with Crippen LogP contribution in [0.1, 0.15) is 27.4 Å². The molecule has 1 fully saturated rings. The molecule has 0 saturated carbocycles. The Bertz CT molecular complexity index is 1360. The minimum atomic E-state index is -4.63. The average Bonchev–Trinajstić information content (AvgIpc) is 3.41. The second kappa shape index (κ2) is 9.25. The standard InChI is InChI=1S/C22H19ClF4N4O3S/c1-30-11-20(28-12-30)35(33,34)31-9-17(13-2-5-15(24)6-3-13)19(10-31)29-21(32)16-7-4-14(8-18(16)23)22(25,26)27/h2-8,11-12,17,19H,9-10H2,1H3,(H,29,32)/t17-,19+/m1/s1. The Morgan fingerprint density at radius 1 is 1.14 bits per heavy atom. The molecule has 2 heterocycles. The third-order valence-electron chi connectivity index (χ3n) is 5.73. The molecular formula is C22H19ClF4N4O3S. The molecule has 1 N–H and O–H groups in total. The Labute approximate surface area is 203 Å². The van der Waals surface area contributed by atoms with Crippen molar-refractivity contribution in [1.29, 1.82) is 0 Å². The number of imidazole rings is 1. The van der Waals surface area contributed by atoms with Gasteiger partial charge < -0.3 is 9.88 Å². The Morgan fingerprint density at radius 2 is 1.83 bits per heavy atom. The third-order valence-corrected chi connectivity index (χ3v) is 7.76. The minimum Gasteiger partial charge on any atom is -0.347 e. The van der Waals surface area contributed by atoms with E-state index in [-0.39, 0.29) is 23.7 Å². The van der Waals surface area contributed by atoms with E-state index >= 15 is 0 Å². The van der Waals surface area contributed by atoms with Gasteiger partial charge >= 0.3 is 6.18 Å². The van der Waals surface area contributed by atoms with Crippen molar-refractivity contribution in [3.05, 3.63) is 82.5 Å². The van der Waals surface area contributed by atoms with Crippen molar-refractivity contribution in [3.8, 4) is 0 Å². The summed E-state index contributed by atoms with van der Waals surface area (Å²) in [5, 5.41) is 2.12. The number of nitrogens with zero attached hydrogens (tertiary/aromatic N) is 3. The van der Waals surface area contributed by atoms with Crippen LogP contribution in [-0.4, -0.2) is 47.3 Å². The van der Waals surface area contributed by atoms with Gasteiger partial charge in [-0.1, -0.05) is 23.7 Å². The number of rotatable bonds is 5. The number of hydrogen-bond acceptors (Lipinski definition) is 4. The molecule has 0 radical (unpaired) electrons. The Balaban J connectivity index is 1.63. The van der Waals surface area contributed by atoms with E-state index in [1.807, 2.05) is 0 Å². The van der Waals surface area contributed by atoms with Crippen LogP contribution in [0.2, 0.25) is 5.02 Å². The number of hydrogen-bond donors (Lipinski definition) is 1. The normalized spacial score (nSPS) is 19.1. The molecule has 1 aliphatic rings. The molecule has 1 aromatic heterocycles. The summed E-state index contributed by atoms with van der Waals surface area (Å²) in [6, 6.07) is 7.00. The number of carbonyl (C=O) groups is 1. The molecule has 2 aromatic carbocycles. The lowest BCUT2D eigenvalue weighted by molar-refractivity contribution is -0.137.